The first-order valence-electron chi connectivity index (χ1n) is 11.5. The molecule has 0 atom stereocenters. The molecule has 0 aromatic carbocycles. The van der Waals surface area contributed by atoms with E-state index < -0.39 is 57.8 Å². The molecule has 0 saturated carbocycles. The van der Waals surface area contributed by atoms with Crippen LogP contribution in [0.4, 0.5) is 26.3 Å². The quantitative estimate of drug-likeness (QED) is 0.218. The number of alkyl halides is 6. The van der Waals surface area contributed by atoms with Gasteiger partial charge in [0.25, 0.3) is 0 Å². The Hall–Kier alpha value is -4.36. The predicted octanol–water partition coefficient (Wildman–Crippen LogP) is 3.16. The number of rotatable bonds is 5. The van der Waals surface area contributed by atoms with E-state index in [1.807, 2.05) is 0 Å². The summed E-state index contributed by atoms with van der Waals surface area (Å²) in [7, 11) is 2.09. The van der Waals surface area contributed by atoms with Gasteiger partial charge in [-0.2, -0.15) is 26.3 Å². The molecular formula is C27H18F6MnN4O4+. The van der Waals surface area contributed by atoms with Crippen molar-refractivity contribution in [3.8, 4) is 0 Å². The number of esters is 2. The molecule has 0 fully saturated rings. The molecule has 2 aromatic rings. The summed E-state index contributed by atoms with van der Waals surface area (Å²) in [5, 5.41) is -0.754. The van der Waals surface area contributed by atoms with E-state index in [9.17, 15) is 35.9 Å². The molecule has 0 spiro atoms. The molecule has 8 nitrogen and oxygen atoms in total. The van der Waals surface area contributed by atoms with Gasteiger partial charge in [0.15, 0.2) is 0 Å². The van der Waals surface area contributed by atoms with Crippen molar-refractivity contribution in [3.05, 3.63) is 82.0 Å². The summed E-state index contributed by atoms with van der Waals surface area (Å²) in [5.74, 6) is -1.95. The van der Waals surface area contributed by atoms with E-state index in [2.05, 4.69) is 20.0 Å². The molecule has 0 aliphatic carbocycles. The van der Waals surface area contributed by atoms with E-state index in [4.69, 9.17) is 9.47 Å². The maximum Gasteiger partial charge on any atom is 3.00 e. The van der Waals surface area contributed by atoms with E-state index in [1.54, 1.807) is 0 Å². The molecule has 0 unspecified atom stereocenters. The normalized spacial score (nSPS) is 18.4. The summed E-state index contributed by atoms with van der Waals surface area (Å²) >= 11 is 0. The molecule has 15 heteroatoms. The Morgan fingerprint density at radius 2 is 1.38 bits per heavy atom. The summed E-state index contributed by atoms with van der Waals surface area (Å²) in [6, 6.07) is 4.34. The zero-order valence-corrected chi connectivity index (χ0v) is 22.9. The Morgan fingerprint density at radius 1 is 0.762 bits per heavy atom. The van der Waals surface area contributed by atoms with Crippen LogP contribution in [0.5, 0.6) is 0 Å². The number of hydrogen-bond acceptors (Lipinski definition) is 6. The smallest absolute Gasteiger partial charge is 0.657 e. The van der Waals surface area contributed by atoms with E-state index in [0.717, 1.165) is 51.5 Å². The molecule has 218 valence electrons. The van der Waals surface area contributed by atoms with Gasteiger partial charge in [-0.25, -0.2) is 14.6 Å². The molecule has 0 radical (unpaired) electrons. The number of aromatic nitrogens is 2. The molecule has 0 saturated heterocycles. The summed E-state index contributed by atoms with van der Waals surface area (Å²) in [4.78, 5) is 40.7. The largest absolute Gasteiger partial charge is 3.00 e. The molecule has 0 bridgehead atoms. The molecular weight excluding hydrogens is 613 g/mol. The van der Waals surface area contributed by atoms with Crippen molar-refractivity contribution in [2.24, 2.45) is 9.98 Å². The molecule has 2 aromatic heterocycles. The number of carbonyl (C=O) groups is 2. The Balaban J connectivity index is 0.00000484. The van der Waals surface area contributed by atoms with E-state index in [1.165, 1.54) is 24.4 Å². The molecule has 2 aliphatic rings. The van der Waals surface area contributed by atoms with Gasteiger partial charge < -0.3 is 19.4 Å². The van der Waals surface area contributed by atoms with Crippen LogP contribution in [0.15, 0.2) is 69.9 Å². The second-order valence-electron chi connectivity index (χ2n) is 8.40. The molecule has 2 aliphatic heterocycles. The van der Waals surface area contributed by atoms with Crippen molar-refractivity contribution in [1.82, 2.24) is 9.97 Å². The number of allylic oxidation sites excluding steroid dienone is 5. The zero-order valence-electron chi connectivity index (χ0n) is 21.8. The van der Waals surface area contributed by atoms with E-state index >= 15 is 0 Å². The number of hydrogen-bond donors (Lipinski definition) is 0. The summed E-state index contributed by atoms with van der Waals surface area (Å²) in [6.07, 6.45) is -3.29. The molecule has 0 amide bonds. The van der Waals surface area contributed by atoms with Crippen LogP contribution in [0.3, 0.4) is 0 Å². The van der Waals surface area contributed by atoms with Gasteiger partial charge in [0.05, 0.1) is 48.0 Å². The Kier molecular flexibility index (Phi) is 9.38. The average molecular weight is 631 g/mol. The number of halogens is 6. The third-order valence-corrected chi connectivity index (χ3v) is 5.88. The van der Waals surface area contributed by atoms with Crippen LogP contribution < -0.4 is 20.7 Å². The van der Waals surface area contributed by atoms with Crippen LogP contribution in [0.1, 0.15) is 18.3 Å². The van der Waals surface area contributed by atoms with Gasteiger partial charge in [0.2, 0.25) is 0 Å². The van der Waals surface area contributed by atoms with Gasteiger partial charge in [0.1, 0.15) is 0 Å². The topological polar surface area (TPSA) is 106 Å². The first kappa shape index (κ1) is 32.2. The standard InChI is InChI=1S/C27H19F6N4O4.Mn/c1-13(26(28,29)30)14-6-7-17(35-14)22(25(39)41-3)18-9-11-20(37-18)23(27(31,32)33)19-10-8-16(36-19)21(24(38)40-2)15-5-4-12-34-15;/h4-12H,1-3H3,(H-,34,35,36,37,38,39);/q-1;+3/p-1/b14-13+;. The zero-order chi connectivity index (χ0) is 30.1. The molecule has 42 heavy (non-hydrogen) atoms. The number of methoxy groups -OCH3 is 2. The number of aliphatic imine (C=N–C) groups is 2. The fourth-order valence-electron chi connectivity index (χ4n) is 3.89. The fourth-order valence-corrected chi connectivity index (χ4v) is 3.89. The van der Waals surface area contributed by atoms with Crippen LogP contribution in [0.2, 0.25) is 0 Å². The summed E-state index contributed by atoms with van der Waals surface area (Å²) in [5.41, 5.74) is -4.48. The fraction of sp³-hybridized carbons (Fsp3) is 0.185. The van der Waals surface area contributed by atoms with Crippen molar-refractivity contribution >= 4 is 46.2 Å². The number of nitrogens with zero attached hydrogens (tertiary/aromatic N) is 4. The molecule has 4 heterocycles. The van der Waals surface area contributed by atoms with E-state index in [-0.39, 0.29) is 45.1 Å². The van der Waals surface area contributed by atoms with Crippen LogP contribution >= 0.6 is 0 Å². The molecule has 4 rings (SSSR count). The molecule has 0 N–H and O–H groups in total. The van der Waals surface area contributed by atoms with E-state index in [0.29, 0.717) is 0 Å². The van der Waals surface area contributed by atoms with Crippen molar-refractivity contribution in [2.75, 3.05) is 14.2 Å². The average Bonchev–Trinajstić information content (AvgIpc) is 3.71. The first-order chi connectivity index (χ1) is 19.3. The van der Waals surface area contributed by atoms with Gasteiger partial charge in [-0.3, -0.25) is 4.99 Å². The third kappa shape index (κ3) is 6.42. The number of ether oxygens (including phenoxy) is 2. The van der Waals surface area contributed by atoms with Gasteiger partial charge >= 0.3 is 41.4 Å². The Morgan fingerprint density at radius 3 is 1.95 bits per heavy atom. The van der Waals surface area contributed by atoms with Crippen LogP contribution in [-0.2, 0) is 36.1 Å². The van der Waals surface area contributed by atoms with Crippen molar-refractivity contribution < 1.29 is 62.5 Å². The van der Waals surface area contributed by atoms with Crippen molar-refractivity contribution in [3.63, 3.8) is 0 Å². The summed E-state index contributed by atoms with van der Waals surface area (Å²) < 4.78 is 91.7. The van der Waals surface area contributed by atoms with Crippen LogP contribution in [0.25, 0.3) is 22.3 Å². The predicted molar refractivity (Wildman–Crippen MR) is 135 cm³/mol. The minimum absolute atomic E-state index is 0. The Bertz CT molecular complexity index is 1720. The van der Waals surface area contributed by atoms with Gasteiger partial charge in [0, 0.05) is 11.8 Å². The second kappa shape index (κ2) is 12.2. The van der Waals surface area contributed by atoms with Gasteiger partial charge in [-0.1, -0.05) is 24.3 Å². The van der Waals surface area contributed by atoms with Crippen molar-refractivity contribution in [1.29, 1.82) is 0 Å². The number of carbonyl (C=O) groups excluding carboxylic acids is 2. The monoisotopic (exact) mass is 631 g/mol. The SMILES string of the molecule is COC(=O)/C(=C1\C=CC=N1)c1ccc(/C(=C2/C=CC(C(/C(=O)OC)=c3/cc/c(=C(/C)C(F)(F)F)[n-]3)=N2)C(F)(F)F)[n-]1.[Mn+3]. The summed E-state index contributed by atoms with van der Waals surface area (Å²) in [6.45, 7) is 0.797. The maximum atomic E-state index is 14.3. The van der Waals surface area contributed by atoms with Gasteiger partial charge in [-0.15, -0.1) is 22.1 Å². The minimum atomic E-state index is -5.00. The second-order valence-corrected chi connectivity index (χ2v) is 8.40. The Labute approximate surface area is 244 Å². The van der Waals surface area contributed by atoms with Gasteiger partial charge in [-0.05, 0) is 31.2 Å². The van der Waals surface area contributed by atoms with Crippen LogP contribution in [-0.4, -0.2) is 50.4 Å². The first-order valence-corrected chi connectivity index (χ1v) is 11.5. The van der Waals surface area contributed by atoms with Crippen molar-refractivity contribution in [2.45, 2.75) is 19.3 Å². The third-order valence-electron chi connectivity index (χ3n) is 5.88. The minimum Gasteiger partial charge on any atom is -0.657 e. The maximum absolute atomic E-state index is 14.3. The van der Waals surface area contributed by atoms with Crippen LogP contribution in [0, 0.1) is 0 Å².